The zero-order valence-corrected chi connectivity index (χ0v) is 11.9. The lowest BCUT2D eigenvalue weighted by atomic mass is 10.2. The number of anilines is 2. The molecule has 1 aromatic carbocycles. The number of imidazole rings is 1. The summed E-state index contributed by atoms with van der Waals surface area (Å²) in [6.07, 6.45) is 5.49. The first-order chi connectivity index (χ1) is 10.0. The highest BCUT2D eigenvalue weighted by atomic mass is 16.2. The maximum Gasteiger partial charge on any atom is 0.328 e. The number of aromatic nitrogens is 2. The summed E-state index contributed by atoms with van der Waals surface area (Å²) >= 11 is 0. The van der Waals surface area contributed by atoms with Crippen molar-refractivity contribution < 1.29 is 4.79 Å². The standard InChI is InChI=1S/C15H18N4O2/c1-10-2-3-11(16)8-13(10)17-14(20)9-18-6-7-19(15(18)21)12-4-5-12/h2-3,6-8,12H,4-5,9,16H2,1H3,(H,17,20). The molecule has 0 aliphatic heterocycles. The number of carbonyl (C=O) groups excluding carboxylic acids is 1. The van der Waals surface area contributed by atoms with Crippen LogP contribution in [0.15, 0.2) is 35.4 Å². The molecule has 0 unspecified atom stereocenters. The normalized spacial score (nSPS) is 14.1. The minimum absolute atomic E-state index is 0.00674. The van der Waals surface area contributed by atoms with Crippen molar-refractivity contribution in [3.8, 4) is 0 Å². The molecule has 1 aliphatic carbocycles. The molecule has 0 atom stereocenters. The molecule has 1 amide bonds. The van der Waals surface area contributed by atoms with Crippen molar-refractivity contribution in [3.05, 3.63) is 46.6 Å². The number of nitrogens with one attached hydrogen (secondary N) is 1. The lowest BCUT2D eigenvalue weighted by Crippen LogP contribution is -2.29. The molecule has 3 N–H and O–H groups in total. The lowest BCUT2D eigenvalue weighted by molar-refractivity contribution is -0.116. The van der Waals surface area contributed by atoms with Crippen molar-refractivity contribution in [1.29, 1.82) is 0 Å². The second kappa shape index (κ2) is 5.12. The molecule has 1 heterocycles. The van der Waals surface area contributed by atoms with Gasteiger partial charge in [0.25, 0.3) is 0 Å². The average molecular weight is 286 g/mol. The van der Waals surface area contributed by atoms with Crippen LogP contribution in [0.2, 0.25) is 0 Å². The third-order valence-corrected chi connectivity index (χ3v) is 3.66. The van der Waals surface area contributed by atoms with Gasteiger partial charge >= 0.3 is 5.69 Å². The molecule has 1 fully saturated rings. The Morgan fingerprint density at radius 2 is 2.14 bits per heavy atom. The van der Waals surface area contributed by atoms with Gasteiger partial charge in [-0.2, -0.15) is 0 Å². The van der Waals surface area contributed by atoms with Gasteiger partial charge in [0.15, 0.2) is 0 Å². The average Bonchev–Trinajstić information content (AvgIpc) is 3.21. The van der Waals surface area contributed by atoms with Gasteiger partial charge in [0.05, 0.1) is 0 Å². The van der Waals surface area contributed by atoms with Gasteiger partial charge in [-0.1, -0.05) is 6.07 Å². The van der Waals surface area contributed by atoms with Gasteiger partial charge in [-0.15, -0.1) is 0 Å². The van der Waals surface area contributed by atoms with E-state index in [1.807, 2.05) is 13.0 Å². The lowest BCUT2D eigenvalue weighted by Gasteiger charge is -2.09. The molecule has 2 aromatic rings. The molecule has 0 bridgehead atoms. The molecule has 6 heteroatoms. The zero-order valence-electron chi connectivity index (χ0n) is 11.9. The summed E-state index contributed by atoms with van der Waals surface area (Å²) in [6, 6.07) is 5.66. The molecule has 0 spiro atoms. The van der Waals surface area contributed by atoms with Crippen LogP contribution in [0.3, 0.4) is 0 Å². The molecular weight excluding hydrogens is 268 g/mol. The fraction of sp³-hybridized carbons (Fsp3) is 0.333. The summed E-state index contributed by atoms with van der Waals surface area (Å²) in [5.74, 6) is -0.237. The zero-order chi connectivity index (χ0) is 15.0. The van der Waals surface area contributed by atoms with Gasteiger partial charge in [-0.05, 0) is 37.5 Å². The van der Waals surface area contributed by atoms with Crippen LogP contribution in [0.25, 0.3) is 0 Å². The summed E-state index contributed by atoms with van der Waals surface area (Å²) in [6.45, 7) is 1.90. The van der Waals surface area contributed by atoms with E-state index < -0.39 is 0 Å². The second-order valence-corrected chi connectivity index (χ2v) is 5.47. The summed E-state index contributed by atoms with van der Waals surface area (Å²) in [4.78, 5) is 24.2. The summed E-state index contributed by atoms with van der Waals surface area (Å²) in [5, 5.41) is 2.79. The Morgan fingerprint density at radius 3 is 2.86 bits per heavy atom. The van der Waals surface area contributed by atoms with Gasteiger partial charge in [-0.25, -0.2) is 4.79 Å². The molecule has 110 valence electrons. The minimum Gasteiger partial charge on any atom is -0.399 e. The first kappa shape index (κ1) is 13.5. The van der Waals surface area contributed by atoms with Gasteiger partial charge < -0.3 is 11.1 Å². The van der Waals surface area contributed by atoms with Crippen LogP contribution in [0.5, 0.6) is 0 Å². The number of nitrogen functional groups attached to an aromatic ring is 1. The van der Waals surface area contributed by atoms with Crippen LogP contribution in [0.4, 0.5) is 11.4 Å². The quantitative estimate of drug-likeness (QED) is 0.836. The highest BCUT2D eigenvalue weighted by Crippen LogP contribution is 2.33. The predicted octanol–water partition coefficient (Wildman–Crippen LogP) is 1.51. The topological polar surface area (TPSA) is 82.0 Å². The SMILES string of the molecule is Cc1ccc(N)cc1NC(=O)Cn1ccn(C2CC2)c1=O. The Labute approximate surface area is 122 Å². The highest BCUT2D eigenvalue weighted by molar-refractivity contribution is 5.91. The van der Waals surface area contributed by atoms with Crippen LogP contribution in [0.1, 0.15) is 24.4 Å². The van der Waals surface area contributed by atoms with Crippen molar-refractivity contribution in [1.82, 2.24) is 9.13 Å². The van der Waals surface area contributed by atoms with E-state index in [9.17, 15) is 9.59 Å². The summed E-state index contributed by atoms with van der Waals surface area (Å²) < 4.78 is 3.12. The first-order valence-corrected chi connectivity index (χ1v) is 6.98. The Balaban J connectivity index is 1.72. The third-order valence-electron chi connectivity index (χ3n) is 3.66. The predicted molar refractivity (Wildman–Crippen MR) is 81.2 cm³/mol. The van der Waals surface area contributed by atoms with E-state index >= 15 is 0 Å². The van der Waals surface area contributed by atoms with Gasteiger partial charge in [0.1, 0.15) is 6.54 Å². The highest BCUT2D eigenvalue weighted by Gasteiger charge is 2.25. The van der Waals surface area contributed by atoms with Crippen molar-refractivity contribution >= 4 is 17.3 Å². The van der Waals surface area contributed by atoms with E-state index in [0.717, 1.165) is 18.4 Å². The molecule has 21 heavy (non-hydrogen) atoms. The van der Waals surface area contributed by atoms with E-state index in [0.29, 0.717) is 17.4 Å². The van der Waals surface area contributed by atoms with E-state index in [4.69, 9.17) is 5.73 Å². The molecule has 1 saturated carbocycles. The number of carbonyl (C=O) groups is 1. The number of nitrogens with zero attached hydrogens (tertiary/aromatic N) is 2. The van der Waals surface area contributed by atoms with Crippen LogP contribution in [-0.2, 0) is 11.3 Å². The fourth-order valence-electron chi connectivity index (χ4n) is 2.30. The number of hydrogen-bond acceptors (Lipinski definition) is 3. The molecule has 3 rings (SSSR count). The van der Waals surface area contributed by atoms with E-state index in [2.05, 4.69) is 5.32 Å². The maximum absolute atomic E-state index is 12.1. The third kappa shape index (κ3) is 2.84. The molecule has 1 aliphatic rings. The van der Waals surface area contributed by atoms with Crippen LogP contribution in [-0.4, -0.2) is 15.0 Å². The van der Waals surface area contributed by atoms with Crippen molar-refractivity contribution in [2.45, 2.75) is 32.4 Å². The fourth-order valence-corrected chi connectivity index (χ4v) is 2.30. The molecule has 0 radical (unpaired) electrons. The van der Waals surface area contributed by atoms with E-state index in [-0.39, 0.29) is 18.1 Å². The molecule has 1 aromatic heterocycles. The second-order valence-electron chi connectivity index (χ2n) is 5.47. The smallest absolute Gasteiger partial charge is 0.328 e. The largest absolute Gasteiger partial charge is 0.399 e. The number of hydrogen-bond donors (Lipinski definition) is 2. The summed E-state index contributed by atoms with van der Waals surface area (Å²) in [5.41, 5.74) is 7.78. The van der Waals surface area contributed by atoms with Crippen LogP contribution < -0.4 is 16.7 Å². The number of aryl methyl sites for hydroxylation is 1. The molecular formula is C15H18N4O2. The van der Waals surface area contributed by atoms with Crippen molar-refractivity contribution in [3.63, 3.8) is 0 Å². The van der Waals surface area contributed by atoms with Crippen LogP contribution >= 0.6 is 0 Å². The molecule has 0 saturated heterocycles. The monoisotopic (exact) mass is 286 g/mol. The Hall–Kier alpha value is -2.50. The molecule has 6 nitrogen and oxygen atoms in total. The Bertz CT molecular complexity index is 740. The van der Waals surface area contributed by atoms with Crippen molar-refractivity contribution in [2.24, 2.45) is 0 Å². The van der Waals surface area contributed by atoms with Gasteiger partial charge in [0, 0.05) is 29.8 Å². The van der Waals surface area contributed by atoms with Gasteiger partial charge in [-0.3, -0.25) is 13.9 Å². The number of amides is 1. The maximum atomic E-state index is 12.1. The van der Waals surface area contributed by atoms with Crippen molar-refractivity contribution in [2.75, 3.05) is 11.1 Å². The van der Waals surface area contributed by atoms with Gasteiger partial charge in [0.2, 0.25) is 5.91 Å². The minimum atomic E-state index is -0.237. The Morgan fingerprint density at radius 1 is 1.38 bits per heavy atom. The summed E-state index contributed by atoms with van der Waals surface area (Å²) in [7, 11) is 0. The first-order valence-electron chi connectivity index (χ1n) is 6.98. The Kier molecular flexibility index (Phi) is 3.29. The number of benzene rings is 1. The number of rotatable bonds is 4. The van der Waals surface area contributed by atoms with Crippen LogP contribution in [0, 0.1) is 6.92 Å². The number of nitrogens with two attached hydrogens (primary N) is 1. The van der Waals surface area contributed by atoms with E-state index in [1.165, 1.54) is 4.57 Å². The van der Waals surface area contributed by atoms with E-state index in [1.54, 1.807) is 29.1 Å².